The van der Waals surface area contributed by atoms with Gasteiger partial charge in [-0.15, -0.1) is 6.42 Å². The Kier molecular flexibility index (Phi) is 4.76. The second-order valence-electron chi connectivity index (χ2n) is 5.48. The average molecular weight is 226 g/mol. The number of hydrogen-bond donors (Lipinski definition) is 0. The van der Waals surface area contributed by atoms with Gasteiger partial charge < -0.3 is 4.43 Å². The van der Waals surface area contributed by atoms with Crippen LogP contribution in [0.3, 0.4) is 0 Å². The number of carbonyl (C=O) groups is 1. The Bertz CT molecular complexity index is 268. The largest absolute Gasteiger partial charge is 0.416 e. The lowest BCUT2D eigenvalue weighted by atomic mass is 10.1. The molecule has 0 rings (SSSR count). The van der Waals surface area contributed by atoms with Gasteiger partial charge in [-0.1, -0.05) is 27.7 Å². The molecule has 15 heavy (non-hydrogen) atoms. The van der Waals surface area contributed by atoms with Gasteiger partial charge in [0.2, 0.25) is 5.78 Å². The van der Waals surface area contributed by atoms with E-state index in [-0.39, 0.29) is 16.7 Å². The molecule has 0 aromatic carbocycles. The minimum absolute atomic E-state index is 0.172. The second kappa shape index (κ2) is 4.96. The number of Topliss-reactive ketones (excluding diaryl/α,β-unsaturated/α-hetero) is 1. The standard InChI is InChI=1S/C12H22O2Si/c1-8-11(13)10(2)9-14-15(6,7)12(3,4)5/h1,10H,9H2,2-7H3. The maximum Gasteiger partial charge on any atom is 0.210 e. The van der Waals surface area contributed by atoms with Gasteiger partial charge in [0.1, 0.15) is 0 Å². The van der Waals surface area contributed by atoms with Gasteiger partial charge in [-0.2, -0.15) is 0 Å². The summed E-state index contributed by atoms with van der Waals surface area (Å²) in [6.07, 6.45) is 5.05. The number of terminal acetylenes is 1. The highest BCUT2D eigenvalue weighted by molar-refractivity contribution is 6.74. The third-order valence-corrected chi connectivity index (χ3v) is 7.59. The first-order chi connectivity index (χ1) is 6.62. The SMILES string of the molecule is C#CC(=O)C(C)CO[Si](C)(C)C(C)(C)C. The molecule has 0 amide bonds. The highest BCUT2D eigenvalue weighted by Gasteiger charge is 2.37. The molecule has 0 aliphatic carbocycles. The Morgan fingerprint density at radius 1 is 1.47 bits per heavy atom. The molecular formula is C12H22O2Si. The van der Waals surface area contributed by atoms with Crippen LogP contribution in [0.4, 0.5) is 0 Å². The van der Waals surface area contributed by atoms with Crippen molar-refractivity contribution in [2.45, 2.75) is 45.8 Å². The Morgan fingerprint density at radius 2 is 1.93 bits per heavy atom. The van der Waals surface area contributed by atoms with Crippen molar-refractivity contribution in [2.75, 3.05) is 6.61 Å². The van der Waals surface area contributed by atoms with Crippen LogP contribution in [0.25, 0.3) is 0 Å². The van der Waals surface area contributed by atoms with Gasteiger partial charge in [0, 0.05) is 12.5 Å². The summed E-state index contributed by atoms with van der Waals surface area (Å²) in [7, 11) is -1.75. The van der Waals surface area contributed by atoms with Crippen LogP contribution in [0.5, 0.6) is 0 Å². The van der Waals surface area contributed by atoms with Crippen molar-refractivity contribution in [1.29, 1.82) is 0 Å². The first-order valence-corrected chi connectivity index (χ1v) is 8.17. The summed E-state index contributed by atoms with van der Waals surface area (Å²) < 4.78 is 5.90. The quantitative estimate of drug-likeness (QED) is 0.418. The van der Waals surface area contributed by atoms with Gasteiger partial charge in [-0.05, 0) is 24.1 Å². The zero-order valence-corrected chi connectivity index (χ0v) is 11.7. The molecule has 3 heteroatoms. The molecule has 0 aromatic rings. The van der Waals surface area contributed by atoms with Crippen LogP contribution in [0.15, 0.2) is 0 Å². The fraction of sp³-hybridized carbons (Fsp3) is 0.750. The van der Waals surface area contributed by atoms with Crippen LogP contribution in [-0.4, -0.2) is 20.7 Å². The van der Waals surface area contributed by atoms with E-state index in [1.165, 1.54) is 0 Å². The molecular weight excluding hydrogens is 204 g/mol. The topological polar surface area (TPSA) is 26.3 Å². The predicted octanol–water partition coefficient (Wildman–Crippen LogP) is 2.85. The van der Waals surface area contributed by atoms with E-state index in [0.717, 1.165) is 0 Å². The Morgan fingerprint density at radius 3 is 2.27 bits per heavy atom. The molecule has 0 aliphatic rings. The fourth-order valence-corrected chi connectivity index (χ4v) is 1.87. The van der Waals surface area contributed by atoms with Crippen molar-refractivity contribution < 1.29 is 9.22 Å². The first-order valence-electron chi connectivity index (χ1n) is 5.26. The van der Waals surface area contributed by atoms with Gasteiger partial charge in [0.05, 0.1) is 0 Å². The molecule has 0 aliphatic heterocycles. The normalized spacial score (nSPS) is 14.5. The van der Waals surface area contributed by atoms with Crippen molar-refractivity contribution in [3.63, 3.8) is 0 Å². The van der Waals surface area contributed by atoms with Gasteiger partial charge in [-0.25, -0.2) is 0 Å². The van der Waals surface area contributed by atoms with Gasteiger partial charge in [-0.3, -0.25) is 4.79 Å². The molecule has 0 spiro atoms. The summed E-state index contributed by atoms with van der Waals surface area (Å²) in [4.78, 5) is 11.2. The van der Waals surface area contributed by atoms with E-state index in [0.29, 0.717) is 6.61 Å². The Labute approximate surface area is 94.5 Å². The Balaban J connectivity index is 4.29. The molecule has 1 atom stereocenters. The first kappa shape index (κ1) is 14.4. The summed E-state index contributed by atoms with van der Waals surface area (Å²) in [6.45, 7) is 13.1. The Hall–Kier alpha value is -0.593. The molecule has 0 bridgehead atoms. The second-order valence-corrected chi connectivity index (χ2v) is 10.3. The molecule has 86 valence electrons. The third-order valence-electron chi connectivity index (χ3n) is 3.09. The molecule has 0 heterocycles. The molecule has 2 nitrogen and oxygen atoms in total. The van der Waals surface area contributed by atoms with E-state index in [1.54, 1.807) is 0 Å². The van der Waals surface area contributed by atoms with Gasteiger partial charge >= 0.3 is 0 Å². The van der Waals surface area contributed by atoms with E-state index in [4.69, 9.17) is 10.8 Å². The number of hydrogen-bond acceptors (Lipinski definition) is 2. The summed E-state index contributed by atoms with van der Waals surface area (Å²) in [5.74, 6) is 1.77. The third kappa shape index (κ3) is 4.19. The molecule has 0 aromatic heterocycles. The monoisotopic (exact) mass is 226 g/mol. The van der Waals surface area contributed by atoms with E-state index < -0.39 is 8.32 Å². The molecule has 0 saturated heterocycles. The molecule has 0 N–H and O–H groups in total. The molecule has 0 saturated carbocycles. The minimum Gasteiger partial charge on any atom is -0.416 e. The fourth-order valence-electron chi connectivity index (χ4n) is 0.768. The maximum absolute atomic E-state index is 11.2. The van der Waals surface area contributed by atoms with E-state index >= 15 is 0 Å². The van der Waals surface area contributed by atoms with E-state index in [1.807, 2.05) is 6.92 Å². The lowest BCUT2D eigenvalue weighted by molar-refractivity contribution is -0.117. The molecule has 1 unspecified atom stereocenters. The predicted molar refractivity (Wildman–Crippen MR) is 66.2 cm³/mol. The van der Waals surface area contributed by atoms with Crippen molar-refractivity contribution >= 4 is 14.1 Å². The van der Waals surface area contributed by atoms with Gasteiger partial charge in [0.15, 0.2) is 8.32 Å². The highest BCUT2D eigenvalue weighted by Crippen LogP contribution is 2.36. The number of ketones is 1. The van der Waals surface area contributed by atoms with Crippen molar-refractivity contribution in [2.24, 2.45) is 5.92 Å². The van der Waals surface area contributed by atoms with Crippen molar-refractivity contribution in [3.05, 3.63) is 0 Å². The van der Waals surface area contributed by atoms with Crippen molar-refractivity contribution in [3.8, 4) is 12.3 Å². The number of rotatable bonds is 4. The van der Waals surface area contributed by atoms with E-state index in [2.05, 4.69) is 39.8 Å². The van der Waals surface area contributed by atoms with Crippen LogP contribution in [-0.2, 0) is 9.22 Å². The zero-order valence-electron chi connectivity index (χ0n) is 10.7. The van der Waals surface area contributed by atoms with Crippen LogP contribution < -0.4 is 0 Å². The molecule has 0 fully saturated rings. The lowest BCUT2D eigenvalue weighted by Gasteiger charge is -2.36. The van der Waals surface area contributed by atoms with Crippen molar-refractivity contribution in [1.82, 2.24) is 0 Å². The summed E-state index contributed by atoms with van der Waals surface area (Å²) in [5.41, 5.74) is 0. The van der Waals surface area contributed by atoms with Crippen LogP contribution >= 0.6 is 0 Å². The van der Waals surface area contributed by atoms with Crippen LogP contribution in [0.1, 0.15) is 27.7 Å². The molecule has 0 radical (unpaired) electrons. The van der Waals surface area contributed by atoms with Crippen LogP contribution in [0.2, 0.25) is 18.1 Å². The summed E-state index contributed by atoms with van der Waals surface area (Å²) in [5, 5.41) is 0.173. The zero-order chi connectivity index (χ0) is 12.3. The smallest absolute Gasteiger partial charge is 0.210 e. The highest BCUT2D eigenvalue weighted by atomic mass is 28.4. The van der Waals surface area contributed by atoms with E-state index in [9.17, 15) is 4.79 Å². The summed E-state index contributed by atoms with van der Waals surface area (Å²) in [6, 6.07) is 0. The van der Waals surface area contributed by atoms with Gasteiger partial charge in [0.25, 0.3) is 0 Å². The lowest BCUT2D eigenvalue weighted by Crippen LogP contribution is -2.42. The number of carbonyl (C=O) groups excluding carboxylic acids is 1. The summed E-state index contributed by atoms with van der Waals surface area (Å²) >= 11 is 0. The maximum atomic E-state index is 11.2. The minimum atomic E-state index is -1.75. The van der Waals surface area contributed by atoms with Crippen LogP contribution in [0, 0.1) is 18.3 Å². The average Bonchev–Trinajstić information content (AvgIpc) is 2.11.